The maximum atomic E-state index is 12.8. The molecule has 10 nitrogen and oxygen atoms in total. The topological polar surface area (TPSA) is 139 Å². The number of ether oxygens (including phenoxy) is 2. The average molecular weight is 448 g/mol. The summed E-state index contributed by atoms with van der Waals surface area (Å²) in [6, 6.07) is 7.35. The van der Waals surface area contributed by atoms with Crippen molar-refractivity contribution < 1.29 is 38.6 Å². The molecular formula is C20H20N2O8S. The number of carboxylic acid groups (broad SMARTS) is 1. The number of aliphatic carboxylic acids is 1. The molecule has 0 spiro atoms. The van der Waals surface area contributed by atoms with Gasteiger partial charge < -0.3 is 19.9 Å². The van der Waals surface area contributed by atoms with Crippen LogP contribution in [0.1, 0.15) is 25.5 Å². The lowest BCUT2D eigenvalue weighted by Crippen LogP contribution is -2.71. The van der Waals surface area contributed by atoms with Gasteiger partial charge in [-0.2, -0.15) is 0 Å². The van der Waals surface area contributed by atoms with Crippen molar-refractivity contribution in [1.82, 2.24) is 10.2 Å². The van der Waals surface area contributed by atoms with Crippen LogP contribution >= 0.6 is 11.8 Å². The first kappa shape index (κ1) is 22.3. The van der Waals surface area contributed by atoms with Gasteiger partial charge in [0.05, 0.1) is 0 Å². The van der Waals surface area contributed by atoms with Crippen LogP contribution in [0.5, 0.6) is 0 Å². The van der Waals surface area contributed by atoms with Gasteiger partial charge >= 0.3 is 17.9 Å². The molecule has 0 aliphatic carbocycles. The van der Waals surface area contributed by atoms with E-state index in [1.165, 1.54) is 25.6 Å². The summed E-state index contributed by atoms with van der Waals surface area (Å²) < 4.78 is 10.0. The number of hydrogen-bond donors (Lipinski definition) is 2. The van der Waals surface area contributed by atoms with E-state index < -0.39 is 47.2 Å². The molecule has 3 rings (SSSR count). The fraction of sp³-hybridized carbons (Fsp3) is 0.350. The quantitative estimate of drug-likeness (QED) is 0.453. The van der Waals surface area contributed by atoms with Gasteiger partial charge in [-0.15, -0.1) is 11.8 Å². The second-order valence-corrected chi connectivity index (χ2v) is 7.94. The third-order valence-corrected chi connectivity index (χ3v) is 5.96. The van der Waals surface area contributed by atoms with Crippen LogP contribution in [0.15, 0.2) is 41.6 Å². The molecule has 1 aromatic rings. The predicted molar refractivity (Wildman–Crippen MR) is 107 cm³/mol. The zero-order chi connectivity index (χ0) is 22.7. The summed E-state index contributed by atoms with van der Waals surface area (Å²) in [5.41, 5.74) is 0.481. The molecule has 2 heterocycles. The van der Waals surface area contributed by atoms with Crippen LogP contribution in [0, 0.1) is 0 Å². The number of benzene rings is 1. The standard InChI is InChI=1S/C20H20N2O8S/c1-10(23)29-8-13-9-31-19-14(18(26)22(19)15(13)20(27)28)21-17(25)16(30-11(2)24)12-6-4-3-5-7-12/h3-7,14,16,19H,8-9H2,1-2H3,(H,21,25)(H,27,28)/t14-,16?,19-/m1/s1. The van der Waals surface area contributed by atoms with E-state index in [2.05, 4.69) is 5.32 Å². The molecule has 3 atom stereocenters. The van der Waals surface area contributed by atoms with Gasteiger partial charge in [-0.1, -0.05) is 30.3 Å². The van der Waals surface area contributed by atoms with Crippen LogP contribution in [0.25, 0.3) is 0 Å². The highest BCUT2D eigenvalue weighted by Crippen LogP contribution is 2.40. The SMILES string of the molecule is CC(=O)OCC1=C(C(=O)O)N2C(=O)[C@@H](NC(=O)C(OC(C)=O)c3ccccc3)[C@H]2SC1. The highest BCUT2D eigenvalue weighted by molar-refractivity contribution is 8.00. The number of esters is 2. The second kappa shape index (κ2) is 9.21. The molecule has 164 valence electrons. The molecule has 1 fully saturated rings. The van der Waals surface area contributed by atoms with Gasteiger partial charge in [0.15, 0.2) is 0 Å². The number of carboxylic acids is 1. The van der Waals surface area contributed by atoms with Gasteiger partial charge in [0.25, 0.3) is 11.8 Å². The Bertz CT molecular complexity index is 961. The van der Waals surface area contributed by atoms with Crippen LogP contribution in [-0.2, 0) is 33.4 Å². The van der Waals surface area contributed by atoms with Crippen molar-refractivity contribution in [1.29, 1.82) is 0 Å². The molecule has 0 saturated carbocycles. The van der Waals surface area contributed by atoms with Crippen LogP contribution in [0.2, 0.25) is 0 Å². The summed E-state index contributed by atoms with van der Waals surface area (Å²) in [7, 11) is 0. The molecule has 2 amide bonds. The number of rotatable bonds is 7. The Hall–Kier alpha value is -3.34. The summed E-state index contributed by atoms with van der Waals surface area (Å²) in [5, 5.41) is 11.5. The number of amides is 2. The summed E-state index contributed by atoms with van der Waals surface area (Å²) in [5.74, 6) is -3.65. The fourth-order valence-corrected chi connectivity index (χ4v) is 4.61. The van der Waals surface area contributed by atoms with E-state index in [1.54, 1.807) is 30.3 Å². The second-order valence-electron chi connectivity index (χ2n) is 6.83. The van der Waals surface area contributed by atoms with E-state index in [0.717, 1.165) is 4.90 Å². The predicted octanol–water partition coefficient (Wildman–Crippen LogP) is 0.593. The maximum absolute atomic E-state index is 12.8. The van der Waals surface area contributed by atoms with Crippen LogP contribution in [-0.4, -0.2) is 63.5 Å². The Morgan fingerprint density at radius 1 is 1.19 bits per heavy atom. The Kier molecular flexibility index (Phi) is 6.64. The summed E-state index contributed by atoms with van der Waals surface area (Å²) >= 11 is 1.24. The monoisotopic (exact) mass is 448 g/mol. The minimum absolute atomic E-state index is 0.210. The summed E-state index contributed by atoms with van der Waals surface area (Å²) in [6.45, 7) is 2.14. The number of fused-ring (bicyclic) bond motifs is 1. The Morgan fingerprint density at radius 3 is 2.45 bits per heavy atom. The molecule has 2 N–H and O–H groups in total. The first-order chi connectivity index (χ1) is 14.7. The van der Waals surface area contributed by atoms with Gasteiger partial charge in [0.2, 0.25) is 6.10 Å². The third kappa shape index (κ3) is 4.71. The Balaban J connectivity index is 1.77. The minimum Gasteiger partial charge on any atom is -0.477 e. The zero-order valence-electron chi connectivity index (χ0n) is 16.7. The van der Waals surface area contributed by atoms with Crippen molar-refractivity contribution in [2.75, 3.05) is 12.4 Å². The normalized spacial score (nSPS) is 20.8. The van der Waals surface area contributed by atoms with E-state index in [1.807, 2.05) is 0 Å². The number of carbonyl (C=O) groups is 5. The molecular weight excluding hydrogens is 428 g/mol. The first-order valence-electron chi connectivity index (χ1n) is 9.26. The zero-order valence-corrected chi connectivity index (χ0v) is 17.5. The highest BCUT2D eigenvalue weighted by atomic mass is 32.2. The Labute approximate surface area is 181 Å². The van der Waals surface area contributed by atoms with E-state index in [4.69, 9.17) is 9.47 Å². The van der Waals surface area contributed by atoms with Crippen molar-refractivity contribution in [2.24, 2.45) is 0 Å². The average Bonchev–Trinajstić information content (AvgIpc) is 2.73. The lowest BCUT2D eigenvalue weighted by Gasteiger charge is -2.49. The van der Waals surface area contributed by atoms with Crippen molar-refractivity contribution in [3.8, 4) is 0 Å². The van der Waals surface area contributed by atoms with Crippen LogP contribution in [0.4, 0.5) is 0 Å². The Morgan fingerprint density at radius 2 is 1.87 bits per heavy atom. The summed E-state index contributed by atoms with van der Waals surface area (Å²) in [4.78, 5) is 60.8. The van der Waals surface area contributed by atoms with E-state index in [0.29, 0.717) is 11.1 Å². The molecule has 31 heavy (non-hydrogen) atoms. The van der Waals surface area contributed by atoms with Crippen LogP contribution in [0.3, 0.4) is 0 Å². The molecule has 2 aliphatic rings. The molecule has 2 aliphatic heterocycles. The number of nitrogens with one attached hydrogen (secondary N) is 1. The lowest BCUT2D eigenvalue weighted by atomic mass is 10.0. The van der Waals surface area contributed by atoms with Crippen molar-refractivity contribution in [2.45, 2.75) is 31.4 Å². The first-order valence-corrected chi connectivity index (χ1v) is 10.3. The molecule has 0 aromatic heterocycles. The maximum Gasteiger partial charge on any atom is 0.352 e. The van der Waals surface area contributed by atoms with Crippen molar-refractivity contribution in [3.63, 3.8) is 0 Å². The van der Waals surface area contributed by atoms with E-state index >= 15 is 0 Å². The molecule has 0 bridgehead atoms. The molecule has 1 aromatic carbocycles. The minimum atomic E-state index is -1.33. The molecule has 11 heteroatoms. The van der Waals surface area contributed by atoms with Crippen molar-refractivity contribution >= 4 is 41.5 Å². The van der Waals surface area contributed by atoms with Gasteiger partial charge in [-0.3, -0.25) is 24.1 Å². The van der Waals surface area contributed by atoms with E-state index in [-0.39, 0.29) is 18.1 Å². The lowest BCUT2D eigenvalue weighted by molar-refractivity contribution is -0.157. The number of carbonyl (C=O) groups excluding carboxylic acids is 4. The van der Waals surface area contributed by atoms with Gasteiger partial charge in [-0.25, -0.2) is 4.79 Å². The van der Waals surface area contributed by atoms with Gasteiger partial charge in [0, 0.05) is 30.7 Å². The van der Waals surface area contributed by atoms with Gasteiger partial charge in [0.1, 0.15) is 23.7 Å². The molecule has 1 saturated heterocycles. The molecule has 0 radical (unpaired) electrons. The van der Waals surface area contributed by atoms with Crippen LogP contribution < -0.4 is 5.32 Å². The highest BCUT2D eigenvalue weighted by Gasteiger charge is 2.54. The third-order valence-electron chi connectivity index (χ3n) is 4.62. The number of nitrogens with zero attached hydrogens (tertiary/aromatic N) is 1. The van der Waals surface area contributed by atoms with Gasteiger partial charge in [-0.05, 0) is 0 Å². The number of thioether (sulfide) groups is 1. The number of β-lactam (4-membered cyclic amide) rings is 1. The molecule has 1 unspecified atom stereocenters. The largest absolute Gasteiger partial charge is 0.477 e. The smallest absolute Gasteiger partial charge is 0.352 e. The number of hydrogen-bond acceptors (Lipinski definition) is 8. The van der Waals surface area contributed by atoms with E-state index in [9.17, 15) is 29.1 Å². The summed E-state index contributed by atoms with van der Waals surface area (Å²) in [6.07, 6.45) is -1.25. The van der Waals surface area contributed by atoms with Crippen molar-refractivity contribution in [3.05, 3.63) is 47.2 Å². The fourth-order valence-electron chi connectivity index (χ4n) is 3.28.